The van der Waals surface area contributed by atoms with E-state index in [-0.39, 0.29) is 5.91 Å². The normalized spacial score (nSPS) is 22.2. The van der Waals surface area contributed by atoms with E-state index < -0.39 is 6.04 Å². The summed E-state index contributed by atoms with van der Waals surface area (Å²) in [6.07, 6.45) is 2.12. The minimum absolute atomic E-state index is 0.0201. The number of hydrogen-bond donors (Lipinski definition) is 1. The van der Waals surface area contributed by atoms with E-state index in [4.69, 9.17) is 16.3 Å². The van der Waals surface area contributed by atoms with Crippen LogP contribution in [-0.4, -0.2) is 47.7 Å². The Hall–Kier alpha value is -1.40. The highest BCUT2D eigenvalue weighted by molar-refractivity contribution is 6.31. The summed E-state index contributed by atoms with van der Waals surface area (Å²) in [6.45, 7) is 5.25. The van der Waals surface area contributed by atoms with Crippen molar-refractivity contribution in [3.05, 3.63) is 16.5 Å². The molecule has 1 N–H and O–H groups in total. The minimum Gasteiger partial charge on any atom is -0.377 e. The molecule has 0 spiro atoms. The van der Waals surface area contributed by atoms with Crippen LogP contribution < -0.4 is 10.2 Å². The molecule has 1 aliphatic carbocycles. The van der Waals surface area contributed by atoms with Crippen molar-refractivity contribution in [2.45, 2.75) is 38.8 Å². The molecule has 2 heterocycles. The highest BCUT2D eigenvalue weighted by Gasteiger charge is 2.35. The fourth-order valence-electron chi connectivity index (χ4n) is 2.35. The average Bonchev–Trinajstić information content (AvgIpc) is 3.27. The predicted molar refractivity (Wildman–Crippen MR) is 79.6 cm³/mol. The van der Waals surface area contributed by atoms with Gasteiger partial charge in [-0.15, -0.1) is 0 Å². The largest absolute Gasteiger partial charge is 0.377 e. The number of carbonyl (C=O) groups excluding carboxylic acids is 1. The van der Waals surface area contributed by atoms with Crippen molar-refractivity contribution in [3.63, 3.8) is 0 Å². The number of nitrogens with one attached hydrogen (secondary N) is 1. The van der Waals surface area contributed by atoms with Crippen molar-refractivity contribution in [2.75, 3.05) is 24.7 Å². The summed E-state index contributed by atoms with van der Waals surface area (Å²) < 4.78 is 5.46. The predicted octanol–water partition coefficient (Wildman–Crippen LogP) is 1.23. The van der Waals surface area contributed by atoms with E-state index in [1.54, 1.807) is 0 Å². The lowest BCUT2D eigenvalue weighted by molar-refractivity contribution is -0.124. The first-order chi connectivity index (χ1) is 10.1. The van der Waals surface area contributed by atoms with Gasteiger partial charge in [0.05, 0.1) is 24.6 Å². The molecule has 114 valence electrons. The molecule has 1 aromatic rings. The number of ether oxygens (including phenoxy) is 1. The van der Waals surface area contributed by atoms with E-state index in [1.165, 1.54) is 0 Å². The van der Waals surface area contributed by atoms with E-state index >= 15 is 0 Å². The van der Waals surface area contributed by atoms with E-state index in [0.29, 0.717) is 36.8 Å². The third-order valence-electron chi connectivity index (χ3n) is 3.87. The molecule has 0 bridgehead atoms. The molecule has 0 radical (unpaired) electrons. The van der Waals surface area contributed by atoms with Crippen LogP contribution in [0.15, 0.2) is 0 Å². The Kier molecular flexibility index (Phi) is 3.99. The summed E-state index contributed by atoms with van der Waals surface area (Å²) >= 11 is 6.24. The van der Waals surface area contributed by atoms with E-state index in [9.17, 15) is 4.79 Å². The second-order valence-electron chi connectivity index (χ2n) is 5.58. The van der Waals surface area contributed by atoms with Crippen LogP contribution in [-0.2, 0) is 9.53 Å². The number of rotatable bonds is 3. The summed E-state index contributed by atoms with van der Waals surface area (Å²) in [4.78, 5) is 23.1. The summed E-state index contributed by atoms with van der Waals surface area (Å²) in [7, 11) is 0. The van der Waals surface area contributed by atoms with Gasteiger partial charge >= 0.3 is 0 Å². The Morgan fingerprint density at radius 1 is 1.33 bits per heavy atom. The average molecular weight is 311 g/mol. The zero-order chi connectivity index (χ0) is 15.0. The summed E-state index contributed by atoms with van der Waals surface area (Å²) in [6, 6.07) is -0.0733. The van der Waals surface area contributed by atoms with Gasteiger partial charge in [-0.05, 0) is 26.7 Å². The second kappa shape index (κ2) is 5.77. The fourth-order valence-corrected chi connectivity index (χ4v) is 2.62. The number of morpholine rings is 1. The maximum absolute atomic E-state index is 12.4. The van der Waals surface area contributed by atoms with Gasteiger partial charge in [-0.2, -0.15) is 0 Å². The summed E-state index contributed by atoms with van der Waals surface area (Å²) in [5.41, 5.74) is 1.62. The first-order valence-corrected chi connectivity index (χ1v) is 7.59. The number of hydrogen-bond acceptors (Lipinski definition) is 5. The van der Waals surface area contributed by atoms with Crippen LogP contribution in [0.2, 0.25) is 5.15 Å². The van der Waals surface area contributed by atoms with Crippen LogP contribution in [0.3, 0.4) is 0 Å². The molecule has 0 aromatic carbocycles. The molecule has 1 unspecified atom stereocenters. The van der Waals surface area contributed by atoms with Crippen molar-refractivity contribution >= 4 is 23.3 Å². The Morgan fingerprint density at radius 3 is 2.76 bits per heavy atom. The van der Waals surface area contributed by atoms with Gasteiger partial charge in [0.15, 0.2) is 11.0 Å². The molecular weight excluding hydrogens is 292 g/mol. The van der Waals surface area contributed by atoms with Gasteiger partial charge in [0.1, 0.15) is 6.04 Å². The van der Waals surface area contributed by atoms with Crippen molar-refractivity contribution in [3.8, 4) is 0 Å². The molecule has 1 aromatic heterocycles. The van der Waals surface area contributed by atoms with Gasteiger partial charge in [0, 0.05) is 12.6 Å². The minimum atomic E-state index is -0.395. The molecule has 7 heteroatoms. The first kappa shape index (κ1) is 14.5. The van der Waals surface area contributed by atoms with Gasteiger partial charge in [0.2, 0.25) is 5.91 Å². The van der Waals surface area contributed by atoms with Crippen LogP contribution in [0.25, 0.3) is 0 Å². The molecule has 1 saturated carbocycles. The number of anilines is 1. The Morgan fingerprint density at radius 2 is 2.05 bits per heavy atom. The topological polar surface area (TPSA) is 67.4 Å². The van der Waals surface area contributed by atoms with Crippen LogP contribution >= 0.6 is 11.6 Å². The van der Waals surface area contributed by atoms with Crippen molar-refractivity contribution in [1.82, 2.24) is 15.3 Å². The maximum Gasteiger partial charge on any atom is 0.245 e. The molecule has 1 saturated heterocycles. The Labute approximate surface area is 128 Å². The van der Waals surface area contributed by atoms with Crippen LogP contribution in [0.4, 0.5) is 5.82 Å². The molecule has 21 heavy (non-hydrogen) atoms. The Bertz CT molecular complexity index is 562. The fraction of sp³-hybridized carbons (Fsp3) is 0.643. The summed E-state index contributed by atoms with van der Waals surface area (Å²) in [5, 5.41) is 3.35. The third-order valence-corrected chi connectivity index (χ3v) is 4.13. The van der Waals surface area contributed by atoms with Crippen molar-refractivity contribution in [2.24, 2.45) is 0 Å². The molecule has 2 fully saturated rings. The number of halogens is 1. The van der Waals surface area contributed by atoms with Crippen molar-refractivity contribution in [1.29, 1.82) is 0 Å². The number of aryl methyl sites for hydroxylation is 2. The number of aromatic nitrogens is 2. The van der Waals surface area contributed by atoms with E-state index in [1.807, 2.05) is 18.7 Å². The molecule has 1 atom stereocenters. The van der Waals surface area contributed by atoms with E-state index in [2.05, 4.69) is 15.3 Å². The van der Waals surface area contributed by atoms with Gasteiger partial charge in [-0.25, -0.2) is 9.97 Å². The SMILES string of the molecule is Cc1nc(Cl)c(N2CCOCC2C(=O)NC2CC2)nc1C. The number of nitrogens with zero attached hydrogens (tertiary/aromatic N) is 3. The summed E-state index contributed by atoms with van der Waals surface area (Å²) in [5.74, 6) is 0.548. The third kappa shape index (κ3) is 3.11. The van der Waals surface area contributed by atoms with E-state index in [0.717, 1.165) is 24.2 Å². The lowest BCUT2D eigenvalue weighted by atomic mass is 10.2. The van der Waals surface area contributed by atoms with Gasteiger partial charge in [0.25, 0.3) is 0 Å². The molecule has 1 amide bonds. The van der Waals surface area contributed by atoms with Crippen LogP contribution in [0.5, 0.6) is 0 Å². The zero-order valence-electron chi connectivity index (χ0n) is 12.2. The number of carbonyl (C=O) groups is 1. The van der Waals surface area contributed by atoms with Crippen LogP contribution in [0, 0.1) is 13.8 Å². The second-order valence-corrected chi connectivity index (χ2v) is 5.93. The maximum atomic E-state index is 12.4. The molecule has 6 nitrogen and oxygen atoms in total. The van der Waals surface area contributed by atoms with Gasteiger partial charge in [-0.3, -0.25) is 4.79 Å². The first-order valence-electron chi connectivity index (χ1n) is 7.22. The highest BCUT2D eigenvalue weighted by Crippen LogP contribution is 2.27. The van der Waals surface area contributed by atoms with Gasteiger partial charge in [-0.1, -0.05) is 11.6 Å². The smallest absolute Gasteiger partial charge is 0.245 e. The number of amides is 1. The lowest BCUT2D eigenvalue weighted by Gasteiger charge is -2.35. The quantitative estimate of drug-likeness (QED) is 0.909. The standard InChI is InChI=1S/C14H19ClN4O2/c1-8-9(2)17-13(12(15)16-8)19-5-6-21-7-11(19)14(20)18-10-3-4-10/h10-11H,3-7H2,1-2H3,(H,18,20). The van der Waals surface area contributed by atoms with Crippen molar-refractivity contribution < 1.29 is 9.53 Å². The monoisotopic (exact) mass is 310 g/mol. The lowest BCUT2D eigenvalue weighted by Crippen LogP contribution is -2.54. The highest BCUT2D eigenvalue weighted by atomic mass is 35.5. The molecular formula is C14H19ClN4O2. The van der Waals surface area contributed by atoms with Crippen LogP contribution in [0.1, 0.15) is 24.2 Å². The zero-order valence-corrected chi connectivity index (χ0v) is 13.0. The molecule has 1 aliphatic heterocycles. The van der Waals surface area contributed by atoms with Gasteiger partial charge < -0.3 is 15.0 Å². The molecule has 3 rings (SSSR count). The molecule has 2 aliphatic rings. The Balaban J connectivity index is 1.86.